The number of nitrogens with one attached hydrogen (secondary N) is 2. The number of H-pyrrole nitrogens is 1. The fraction of sp³-hybridized carbons (Fsp3) is 0.273. The average Bonchev–Trinajstić information content (AvgIpc) is 2.97. The van der Waals surface area contributed by atoms with Crippen molar-refractivity contribution in [2.75, 3.05) is 6.54 Å². The summed E-state index contributed by atoms with van der Waals surface area (Å²) in [5, 5.41) is 21.0. The molecule has 0 bridgehead atoms. The molecule has 90 valence electrons. The first-order valence-corrected chi connectivity index (χ1v) is 6.01. The van der Waals surface area contributed by atoms with Crippen molar-refractivity contribution in [1.29, 1.82) is 0 Å². The maximum atomic E-state index is 11.6. The van der Waals surface area contributed by atoms with Crippen molar-refractivity contribution in [2.45, 2.75) is 12.5 Å². The second-order valence-corrected chi connectivity index (χ2v) is 4.85. The Morgan fingerprint density at radius 2 is 2.47 bits per heavy atom. The van der Waals surface area contributed by atoms with Gasteiger partial charge in [0.2, 0.25) is 0 Å². The summed E-state index contributed by atoms with van der Waals surface area (Å²) in [4.78, 5) is 12.5. The summed E-state index contributed by atoms with van der Waals surface area (Å²) in [6, 6.07) is 5.29. The molecular formula is C11H13N3O2S. The Kier molecular flexibility index (Phi) is 3.26. The van der Waals surface area contributed by atoms with E-state index in [1.807, 2.05) is 17.5 Å². The van der Waals surface area contributed by atoms with Gasteiger partial charge < -0.3 is 10.4 Å². The van der Waals surface area contributed by atoms with E-state index in [0.29, 0.717) is 5.69 Å². The summed E-state index contributed by atoms with van der Waals surface area (Å²) in [6.45, 7) is 1.83. The first-order chi connectivity index (χ1) is 8.09. The molecular weight excluding hydrogens is 238 g/mol. The average molecular weight is 251 g/mol. The van der Waals surface area contributed by atoms with Crippen molar-refractivity contribution in [2.24, 2.45) is 0 Å². The highest BCUT2D eigenvalue weighted by molar-refractivity contribution is 7.10. The molecule has 1 unspecified atom stereocenters. The number of thiophene rings is 1. The van der Waals surface area contributed by atoms with Gasteiger partial charge in [0.05, 0.1) is 6.54 Å². The molecule has 5 nitrogen and oxygen atoms in total. The van der Waals surface area contributed by atoms with Crippen LogP contribution in [0.15, 0.2) is 29.8 Å². The lowest BCUT2D eigenvalue weighted by Crippen LogP contribution is -2.38. The molecule has 3 N–H and O–H groups in total. The van der Waals surface area contributed by atoms with Gasteiger partial charge in [-0.2, -0.15) is 5.10 Å². The van der Waals surface area contributed by atoms with Gasteiger partial charge in [-0.15, -0.1) is 11.3 Å². The van der Waals surface area contributed by atoms with Crippen molar-refractivity contribution >= 4 is 17.2 Å². The van der Waals surface area contributed by atoms with Gasteiger partial charge in [-0.3, -0.25) is 9.89 Å². The molecule has 0 fully saturated rings. The van der Waals surface area contributed by atoms with Crippen LogP contribution in [-0.2, 0) is 5.60 Å². The Morgan fingerprint density at radius 1 is 1.65 bits per heavy atom. The van der Waals surface area contributed by atoms with Crippen molar-refractivity contribution in [3.05, 3.63) is 40.3 Å². The molecule has 0 aromatic carbocycles. The third-order valence-corrected chi connectivity index (χ3v) is 3.51. The van der Waals surface area contributed by atoms with E-state index in [1.54, 1.807) is 13.0 Å². The van der Waals surface area contributed by atoms with Crippen LogP contribution in [0.5, 0.6) is 0 Å². The van der Waals surface area contributed by atoms with Crippen LogP contribution < -0.4 is 5.32 Å². The number of hydrogen-bond acceptors (Lipinski definition) is 4. The zero-order valence-electron chi connectivity index (χ0n) is 9.30. The number of nitrogens with zero attached hydrogens (tertiary/aromatic N) is 1. The maximum Gasteiger partial charge on any atom is 0.269 e. The minimum Gasteiger partial charge on any atom is -0.383 e. The normalized spacial score (nSPS) is 14.2. The predicted octanol–water partition coefficient (Wildman–Crippen LogP) is 1.11. The number of aromatic amines is 1. The summed E-state index contributed by atoms with van der Waals surface area (Å²) in [7, 11) is 0. The predicted molar refractivity (Wildman–Crippen MR) is 64.8 cm³/mol. The molecule has 2 aromatic rings. The molecule has 0 radical (unpaired) electrons. The van der Waals surface area contributed by atoms with Gasteiger partial charge in [-0.25, -0.2) is 0 Å². The monoisotopic (exact) mass is 251 g/mol. The smallest absolute Gasteiger partial charge is 0.269 e. The number of aromatic nitrogens is 2. The van der Waals surface area contributed by atoms with E-state index in [0.717, 1.165) is 4.88 Å². The van der Waals surface area contributed by atoms with Crippen molar-refractivity contribution in [3.8, 4) is 0 Å². The molecule has 1 amide bonds. The quantitative estimate of drug-likeness (QED) is 0.761. The highest BCUT2D eigenvalue weighted by Crippen LogP contribution is 2.24. The van der Waals surface area contributed by atoms with Gasteiger partial charge in [0, 0.05) is 11.1 Å². The summed E-state index contributed by atoms with van der Waals surface area (Å²) < 4.78 is 0. The van der Waals surface area contributed by atoms with E-state index in [-0.39, 0.29) is 12.5 Å². The van der Waals surface area contributed by atoms with Crippen molar-refractivity contribution in [1.82, 2.24) is 15.5 Å². The Balaban J connectivity index is 1.96. The molecule has 17 heavy (non-hydrogen) atoms. The Morgan fingerprint density at radius 3 is 3.06 bits per heavy atom. The first-order valence-electron chi connectivity index (χ1n) is 5.13. The van der Waals surface area contributed by atoms with Gasteiger partial charge in [0.25, 0.3) is 5.91 Å². The number of rotatable bonds is 4. The largest absolute Gasteiger partial charge is 0.383 e. The lowest BCUT2D eigenvalue weighted by atomic mass is 10.1. The first kappa shape index (κ1) is 11.8. The Bertz CT molecular complexity index is 477. The van der Waals surface area contributed by atoms with Crippen LogP contribution in [0.25, 0.3) is 0 Å². The highest BCUT2D eigenvalue weighted by atomic mass is 32.1. The van der Waals surface area contributed by atoms with Gasteiger partial charge >= 0.3 is 0 Å². The molecule has 0 aliphatic rings. The second-order valence-electron chi connectivity index (χ2n) is 3.90. The topological polar surface area (TPSA) is 78.0 Å². The standard InChI is InChI=1S/C11H13N3O2S/c1-11(16,9-3-2-6-17-9)7-12-10(15)8-4-5-13-14-8/h2-6,16H,7H2,1H3,(H,12,15)(H,13,14). The molecule has 0 saturated carbocycles. The fourth-order valence-corrected chi connectivity index (χ4v) is 2.19. The molecule has 2 rings (SSSR count). The van der Waals surface area contributed by atoms with Gasteiger partial charge in [-0.05, 0) is 24.4 Å². The summed E-state index contributed by atoms with van der Waals surface area (Å²) in [5.41, 5.74) is -0.670. The zero-order valence-corrected chi connectivity index (χ0v) is 10.1. The van der Waals surface area contributed by atoms with Crippen molar-refractivity contribution in [3.63, 3.8) is 0 Å². The van der Waals surface area contributed by atoms with E-state index in [4.69, 9.17) is 0 Å². The zero-order chi connectivity index (χ0) is 12.3. The molecule has 0 aliphatic heterocycles. The van der Waals surface area contributed by atoms with Crippen molar-refractivity contribution < 1.29 is 9.90 Å². The molecule has 0 aliphatic carbocycles. The minimum absolute atomic E-state index is 0.158. The van der Waals surface area contributed by atoms with Crippen LogP contribution >= 0.6 is 11.3 Å². The Hall–Kier alpha value is -1.66. The summed E-state index contributed by atoms with van der Waals surface area (Å²) >= 11 is 1.46. The number of aliphatic hydroxyl groups is 1. The lowest BCUT2D eigenvalue weighted by Gasteiger charge is -2.21. The van der Waals surface area contributed by atoms with Gasteiger partial charge in [0.1, 0.15) is 11.3 Å². The van der Waals surface area contributed by atoms with Crippen LogP contribution in [0.1, 0.15) is 22.3 Å². The third kappa shape index (κ3) is 2.72. The van der Waals surface area contributed by atoms with E-state index >= 15 is 0 Å². The molecule has 0 saturated heterocycles. The maximum absolute atomic E-state index is 11.6. The van der Waals surface area contributed by atoms with E-state index in [1.165, 1.54) is 17.5 Å². The Labute approximate surface area is 102 Å². The van der Waals surface area contributed by atoms with Crippen LogP contribution in [0.4, 0.5) is 0 Å². The van der Waals surface area contributed by atoms with E-state index < -0.39 is 5.60 Å². The SMILES string of the molecule is CC(O)(CNC(=O)c1ccn[nH]1)c1cccs1. The number of carbonyl (C=O) groups excluding carboxylic acids is 1. The van der Waals surface area contributed by atoms with Crippen LogP contribution in [0.3, 0.4) is 0 Å². The highest BCUT2D eigenvalue weighted by Gasteiger charge is 2.25. The number of hydrogen-bond donors (Lipinski definition) is 3. The third-order valence-electron chi connectivity index (χ3n) is 2.39. The van der Waals surface area contributed by atoms with E-state index in [2.05, 4.69) is 15.5 Å². The minimum atomic E-state index is -1.05. The molecule has 2 aromatic heterocycles. The molecule has 2 heterocycles. The lowest BCUT2D eigenvalue weighted by molar-refractivity contribution is 0.0555. The fourth-order valence-electron chi connectivity index (χ4n) is 1.40. The number of carbonyl (C=O) groups is 1. The molecule has 6 heteroatoms. The van der Waals surface area contributed by atoms with Crippen LogP contribution in [0.2, 0.25) is 0 Å². The van der Waals surface area contributed by atoms with E-state index in [9.17, 15) is 9.90 Å². The van der Waals surface area contributed by atoms with Gasteiger partial charge in [-0.1, -0.05) is 6.07 Å². The second kappa shape index (κ2) is 4.68. The number of amides is 1. The molecule has 0 spiro atoms. The summed E-state index contributed by atoms with van der Waals surface area (Å²) in [5.74, 6) is -0.278. The van der Waals surface area contributed by atoms with Crippen LogP contribution in [-0.4, -0.2) is 27.8 Å². The molecule has 1 atom stereocenters. The van der Waals surface area contributed by atoms with Gasteiger partial charge in [0.15, 0.2) is 0 Å². The van der Waals surface area contributed by atoms with Crippen LogP contribution in [0, 0.1) is 0 Å². The summed E-state index contributed by atoms with van der Waals surface area (Å²) in [6.07, 6.45) is 1.51.